The standard InChI is InChI=1S/C19H13N5O/c1-12-18-19(25)23(14-8-9-15-13(11-14)5-4-10-20-15)22-24(18)17-7-3-2-6-16(17)21-12/h2-11H,1H3/p+1. The predicted molar refractivity (Wildman–Crippen MR) is 94.9 cm³/mol. The maximum Gasteiger partial charge on any atom is 0.408 e. The van der Waals surface area contributed by atoms with Gasteiger partial charge in [-0.25, -0.2) is 9.78 Å². The number of para-hydroxylation sites is 2. The molecule has 1 N–H and O–H groups in total. The molecule has 0 amide bonds. The molecule has 5 rings (SSSR count). The van der Waals surface area contributed by atoms with Crippen molar-refractivity contribution in [2.24, 2.45) is 0 Å². The average molecular weight is 328 g/mol. The van der Waals surface area contributed by atoms with Crippen molar-refractivity contribution < 1.29 is 4.52 Å². The SMILES string of the molecule is Cc1nc2ccccc2[n+]2[nH]n(-c3ccc4ncccc4c3)c(=O)c12. The van der Waals surface area contributed by atoms with Crippen LogP contribution in [0.25, 0.3) is 33.1 Å². The van der Waals surface area contributed by atoms with E-state index in [1.165, 1.54) is 0 Å². The van der Waals surface area contributed by atoms with Gasteiger partial charge in [0.1, 0.15) is 5.52 Å². The summed E-state index contributed by atoms with van der Waals surface area (Å²) in [5.74, 6) is 0. The van der Waals surface area contributed by atoms with Crippen molar-refractivity contribution >= 4 is 27.5 Å². The van der Waals surface area contributed by atoms with E-state index in [0.717, 1.165) is 27.6 Å². The van der Waals surface area contributed by atoms with Crippen molar-refractivity contribution in [2.45, 2.75) is 6.92 Å². The quantitative estimate of drug-likeness (QED) is 0.480. The van der Waals surface area contributed by atoms with E-state index in [4.69, 9.17) is 0 Å². The molecule has 5 aromatic rings. The molecule has 2 aromatic carbocycles. The number of benzene rings is 2. The molecule has 6 nitrogen and oxygen atoms in total. The van der Waals surface area contributed by atoms with Crippen molar-refractivity contribution in [1.29, 1.82) is 0 Å². The van der Waals surface area contributed by atoms with Crippen LogP contribution in [0.2, 0.25) is 0 Å². The molecule has 0 unspecified atom stereocenters. The Kier molecular flexibility index (Phi) is 2.76. The molecule has 0 atom stereocenters. The molecule has 0 saturated carbocycles. The minimum absolute atomic E-state index is 0.126. The molecular weight excluding hydrogens is 314 g/mol. The fraction of sp³-hybridized carbons (Fsp3) is 0.0526. The topological polar surface area (TPSA) is 67.7 Å². The smallest absolute Gasteiger partial charge is 0.256 e. The summed E-state index contributed by atoms with van der Waals surface area (Å²) >= 11 is 0. The van der Waals surface area contributed by atoms with Crippen molar-refractivity contribution in [3.8, 4) is 5.69 Å². The van der Waals surface area contributed by atoms with Gasteiger partial charge < -0.3 is 0 Å². The van der Waals surface area contributed by atoms with E-state index in [2.05, 4.69) is 15.2 Å². The van der Waals surface area contributed by atoms with Gasteiger partial charge in [0.25, 0.3) is 5.52 Å². The van der Waals surface area contributed by atoms with Gasteiger partial charge in [0.05, 0.1) is 11.2 Å². The molecule has 0 bridgehead atoms. The molecule has 0 spiro atoms. The number of aromatic amines is 1. The Hall–Kier alpha value is -3.54. The largest absolute Gasteiger partial charge is 0.408 e. The van der Waals surface area contributed by atoms with Gasteiger partial charge in [-0.05, 0) is 43.3 Å². The predicted octanol–water partition coefficient (Wildman–Crippen LogP) is 2.31. The first kappa shape index (κ1) is 13.9. The number of nitrogens with one attached hydrogen (secondary N) is 1. The van der Waals surface area contributed by atoms with Crippen LogP contribution < -0.4 is 10.1 Å². The van der Waals surface area contributed by atoms with Crippen molar-refractivity contribution in [2.75, 3.05) is 0 Å². The van der Waals surface area contributed by atoms with Crippen LogP contribution in [0.1, 0.15) is 5.69 Å². The van der Waals surface area contributed by atoms with E-state index in [1.54, 1.807) is 15.4 Å². The van der Waals surface area contributed by atoms with Crippen LogP contribution in [0.4, 0.5) is 0 Å². The summed E-state index contributed by atoms with van der Waals surface area (Å²) < 4.78 is 3.34. The van der Waals surface area contributed by atoms with Gasteiger partial charge in [-0.3, -0.25) is 4.98 Å². The third-order valence-electron chi connectivity index (χ3n) is 4.43. The zero-order chi connectivity index (χ0) is 17.0. The Morgan fingerprint density at radius 2 is 1.92 bits per heavy atom. The third kappa shape index (κ3) is 1.97. The molecule has 3 heterocycles. The van der Waals surface area contributed by atoms with Crippen molar-refractivity contribution in [1.82, 2.24) is 19.9 Å². The zero-order valence-corrected chi connectivity index (χ0v) is 13.5. The number of hydrogen-bond acceptors (Lipinski definition) is 3. The lowest BCUT2D eigenvalue weighted by Crippen LogP contribution is -2.27. The highest BCUT2D eigenvalue weighted by Gasteiger charge is 2.22. The molecule has 6 heteroatoms. The van der Waals surface area contributed by atoms with Gasteiger partial charge >= 0.3 is 5.56 Å². The van der Waals surface area contributed by atoms with Gasteiger partial charge in [-0.1, -0.05) is 28.1 Å². The number of pyridine rings is 1. The minimum atomic E-state index is -0.126. The van der Waals surface area contributed by atoms with E-state index in [-0.39, 0.29) is 5.56 Å². The monoisotopic (exact) mass is 328 g/mol. The maximum absolute atomic E-state index is 13.0. The van der Waals surface area contributed by atoms with Crippen LogP contribution >= 0.6 is 0 Å². The number of aromatic nitrogens is 5. The van der Waals surface area contributed by atoms with E-state index < -0.39 is 0 Å². The summed E-state index contributed by atoms with van der Waals surface area (Å²) in [4.78, 5) is 21.9. The van der Waals surface area contributed by atoms with Crippen LogP contribution in [-0.4, -0.2) is 19.9 Å². The number of nitrogens with zero attached hydrogens (tertiary/aromatic N) is 4. The second kappa shape index (κ2) is 4.98. The number of H-pyrrole nitrogens is 1. The molecule has 0 fully saturated rings. The highest BCUT2D eigenvalue weighted by Crippen LogP contribution is 2.16. The second-order valence-corrected chi connectivity index (χ2v) is 5.99. The van der Waals surface area contributed by atoms with Crippen LogP contribution in [0.15, 0.2) is 65.6 Å². The minimum Gasteiger partial charge on any atom is -0.256 e. The molecule has 0 saturated heterocycles. The Morgan fingerprint density at radius 3 is 2.84 bits per heavy atom. The number of hydrogen-bond donors (Lipinski definition) is 1. The second-order valence-electron chi connectivity index (χ2n) is 5.99. The first-order valence-corrected chi connectivity index (χ1v) is 8.00. The van der Waals surface area contributed by atoms with Gasteiger partial charge in [-0.2, -0.15) is 0 Å². The Balaban J connectivity index is 1.87. The molecular formula is C19H14N5O+. The van der Waals surface area contributed by atoms with Crippen LogP contribution in [0, 0.1) is 6.92 Å². The number of fused-ring (bicyclic) bond motifs is 4. The van der Waals surface area contributed by atoms with Crippen LogP contribution in [-0.2, 0) is 0 Å². The molecule has 0 aliphatic heterocycles. The third-order valence-corrected chi connectivity index (χ3v) is 4.43. The van der Waals surface area contributed by atoms with Gasteiger partial charge in [0.15, 0.2) is 11.2 Å². The summed E-state index contributed by atoms with van der Waals surface area (Å²) in [5, 5.41) is 4.17. The summed E-state index contributed by atoms with van der Waals surface area (Å²) in [6.07, 6.45) is 1.76. The lowest BCUT2D eigenvalue weighted by molar-refractivity contribution is -0.556. The van der Waals surface area contributed by atoms with Gasteiger partial charge in [-0.15, -0.1) is 4.52 Å². The lowest BCUT2D eigenvalue weighted by Gasteiger charge is -1.98. The fourth-order valence-electron chi connectivity index (χ4n) is 3.25. The summed E-state index contributed by atoms with van der Waals surface area (Å²) in [6.45, 7) is 1.85. The Labute approximate surface area is 142 Å². The molecule has 25 heavy (non-hydrogen) atoms. The average Bonchev–Trinajstić information content (AvgIpc) is 3.00. The first-order valence-electron chi connectivity index (χ1n) is 8.00. The molecule has 0 aliphatic rings. The van der Waals surface area contributed by atoms with Gasteiger partial charge in [0, 0.05) is 11.6 Å². The number of aryl methyl sites for hydroxylation is 1. The number of rotatable bonds is 1. The van der Waals surface area contributed by atoms with Gasteiger partial charge in [0.2, 0.25) is 0 Å². The van der Waals surface area contributed by atoms with Crippen LogP contribution in [0.5, 0.6) is 0 Å². The van der Waals surface area contributed by atoms with Crippen LogP contribution in [0.3, 0.4) is 0 Å². The molecule has 3 aromatic heterocycles. The highest BCUT2D eigenvalue weighted by atomic mass is 16.1. The molecule has 0 radical (unpaired) electrons. The molecule has 0 aliphatic carbocycles. The Morgan fingerprint density at radius 1 is 1.04 bits per heavy atom. The fourth-order valence-corrected chi connectivity index (χ4v) is 3.25. The zero-order valence-electron chi connectivity index (χ0n) is 13.5. The van der Waals surface area contributed by atoms with E-state index in [9.17, 15) is 4.79 Å². The Bertz CT molecular complexity index is 1330. The first-order chi connectivity index (χ1) is 12.2. The normalized spacial score (nSPS) is 11.6. The van der Waals surface area contributed by atoms with Crippen molar-refractivity contribution in [3.05, 3.63) is 76.8 Å². The summed E-state index contributed by atoms with van der Waals surface area (Å²) in [5.41, 5.74) is 4.48. The van der Waals surface area contributed by atoms with E-state index in [0.29, 0.717) is 11.2 Å². The van der Waals surface area contributed by atoms with E-state index in [1.807, 2.05) is 61.5 Å². The van der Waals surface area contributed by atoms with Crippen molar-refractivity contribution in [3.63, 3.8) is 0 Å². The highest BCUT2D eigenvalue weighted by molar-refractivity contribution is 5.80. The molecule has 120 valence electrons. The summed E-state index contributed by atoms with van der Waals surface area (Å²) in [7, 11) is 0. The van der Waals surface area contributed by atoms with E-state index >= 15 is 0 Å². The summed E-state index contributed by atoms with van der Waals surface area (Å²) in [6, 6.07) is 17.4. The lowest BCUT2D eigenvalue weighted by atomic mass is 10.2. The maximum atomic E-state index is 13.0.